The zero-order chi connectivity index (χ0) is 14.8. The molecule has 0 fully saturated rings. The Bertz CT molecular complexity index is 756. The van der Waals surface area contributed by atoms with Gasteiger partial charge in [-0.3, -0.25) is 4.68 Å². The predicted octanol–water partition coefficient (Wildman–Crippen LogP) is 3.64. The average Bonchev–Trinajstić information content (AvgIpc) is 2.89. The Morgan fingerprint density at radius 1 is 1.14 bits per heavy atom. The number of rotatable bonds is 4. The van der Waals surface area contributed by atoms with Gasteiger partial charge in [-0.25, -0.2) is 0 Å². The van der Waals surface area contributed by atoms with Crippen molar-refractivity contribution in [2.75, 3.05) is 0 Å². The summed E-state index contributed by atoms with van der Waals surface area (Å²) in [6, 6.07) is 16.5. The lowest BCUT2D eigenvalue weighted by Gasteiger charge is -2.14. The lowest BCUT2D eigenvalue weighted by molar-refractivity contribution is 0.167. The summed E-state index contributed by atoms with van der Waals surface area (Å²) in [5.41, 5.74) is 3.01. The van der Waals surface area contributed by atoms with E-state index >= 15 is 0 Å². The summed E-state index contributed by atoms with van der Waals surface area (Å²) in [4.78, 5) is 0. The fourth-order valence-corrected chi connectivity index (χ4v) is 2.87. The van der Waals surface area contributed by atoms with E-state index in [-0.39, 0.29) is 0 Å². The zero-order valence-corrected chi connectivity index (χ0v) is 12.5. The SMILES string of the molecule is CCn1nc(C)cc1C(O)Cc1cccc2ccccc12. The molecule has 0 saturated heterocycles. The Morgan fingerprint density at radius 3 is 2.71 bits per heavy atom. The number of fused-ring (bicyclic) bond motifs is 1. The largest absolute Gasteiger partial charge is 0.386 e. The summed E-state index contributed by atoms with van der Waals surface area (Å²) >= 11 is 0. The van der Waals surface area contributed by atoms with Gasteiger partial charge in [-0.05, 0) is 36.2 Å². The van der Waals surface area contributed by atoms with Gasteiger partial charge >= 0.3 is 0 Å². The molecule has 3 aromatic rings. The zero-order valence-electron chi connectivity index (χ0n) is 12.5. The summed E-state index contributed by atoms with van der Waals surface area (Å²) in [5, 5.41) is 17.4. The fraction of sp³-hybridized carbons (Fsp3) is 0.278. The minimum absolute atomic E-state index is 0.531. The minimum atomic E-state index is -0.531. The molecule has 3 heteroatoms. The van der Waals surface area contributed by atoms with Crippen LogP contribution in [0.25, 0.3) is 10.8 Å². The Balaban J connectivity index is 1.94. The number of aliphatic hydroxyl groups is 1. The van der Waals surface area contributed by atoms with E-state index in [0.29, 0.717) is 6.42 Å². The third kappa shape index (κ3) is 2.69. The second-order valence-electron chi connectivity index (χ2n) is 5.38. The van der Waals surface area contributed by atoms with Gasteiger partial charge in [0.2, 0.25) is 0 Å². The molecule has 108 valence electrons. The Hall–Kier alpha value is -2.13. The molecule has 0 amide bonds. The van der Waals surface area contributed by atoms with E-state index in [9.17, 15) is 5.11 Å². The van der Waals surface area contributed by atoms with Crippen LogP contribution in [0.1, 0.15) is 30.0 Å². The van der Waals surface area contributed by atoms with Crippen molar-refractivity contribution in [3.8, 4) is 0 Å². The van der Waals surface area contributed by atoms with Gasteiger partial charge in [0.15, 0.2) is 0 Å². The molecule has 0 aliphatic rings. The van der Waals surface area contributed by atoms with Gasteiger partial charge < -0.3 is 5.11 Å². The number of nitrogens with zero attached hydrogens (tertiary/aromatic N) is 2. The van der Waals surface area contributed by atoms with E-state index in [2.05, 4.69) is 29.4 Å². The summed E-state index contributed by atoms with van der Waals surface area (Å²) in [6.07, 6.45) is 0.0731. The smallest absolute Gasteiger partial charge is 0.0997 e. The topological polar surface area (TPSA) is 38.0 Å². The maximum Gasteiger partial charge on any atom is 0.0997 e. The molecule has 0 bridgehead atoms. The van der Waals surface area contributed by atoms with Gasteiger partial charge in [-0.15, -0.1) is 0 Å². The van der Waals surface area contributed by atoms with Gasteiger partial charge in [0.1, 0.15) is 0 Å². The number of aromatic nitrogens is 2. The normalized spacial score (nSPS) is 12.7. The summed E-state index contributed by atoms with van der Waals surface area (Å²) in [6.45, 7) is 4.77. The van der Waals surface area contributed by atoms with Crippen molar-refractivity contribution in [3.05, 3.63) is 65.5 Å². The van der Waals surface area contributed by atoms with Crippen molar-refractivity contribution in [1.82, 2.24) is 9.78 Å². The van der Waals surface area contributed by atoms with Crippen LogP contribution in [0.15, 0.2) is 48.5 Å². The van der Waals surface area contributed by atoms with Crippen molar-refractivity contribution in [1.29, 1.82) is 0 Å². The quantitative estimate of drug-likeness (QED) is 0.792. The van der Waals surface area contributed by atoms with Gasteiger partial charge in [0.05, 0.1) is 17.5 Å². The van der Waals surface area contributed by atoms with Gasteiger partial charge in [0.25, 0.3) is 0 Å². The number of hydrogen-bond acceptors (Lipinski definition) is 2. The van der Waals surface area contributed by atoms with E-state index in [0.717, 1.165) is 17.9 Å². The van der Waals surface area contributed by atoms with E-state index in [4.69, 9.17) is 0 Å². The third-order valence-electron chi connectivity index (χ3n) is 3.87. The maximum absolute atomic E-state index is 10.6. The molecule has 1 unspecified atom stereocenters. The second-order valence-corrected chi connectivity index (χ2v) is 5.38. The molecule has 3 rings (SSSR count). The minimum Gasteiger partial charge on any atom is -0.386 e. The van der Waals surface area contributed by atoms with Gasteiger partial charge in [0, 0.05) is 13.0 Å². The first-order valence-corrected chi connectivity index (χ1v) is 7.38. The highest BCUT2D eigenvalue weighted by molar-refractivity contribution is 5.85. The second kappa shape index (κ2) is 5.70. The van der Waals surface area contributed by atoms with Crippen molar-refractivity contribution < 1.29 is 5.11 Å². The standard InChI is InChI=1S/C18H20N2O/c1-3-20-17(11-13(2)19-20)18(21)12-15-9-6-8-14-7-4-5-10-16(14)15/h4-11,18,21H,3,12H2,1-2H3. The maximum atomic E-state index is 10.6. The van der Waals surface area contributed by atoms with Crippen molar-refractivity contribution >= 4 is 10.8 Å². The summed E-state index contributed by atoms with van der Waals surface area (Å²) in [7, 11) is 0. The molecule has 3 nitrogen and oxygen atoms in total. The highest BCUT2D eigenvalue weighted by Crippen LogP contribution is 2.25. The summed E-state index contributed by atoms with van der Waals surface area (Å²) < 4.78 is 1.88. The Kier molecular flexibility index (Phi) is 3.76. The van der Waals surface area contributed by atoms with Crippen LogP contribution < -0.4 is 0 Å². The molecule has 0 spiro atoms. The molecule has 1 N–H and O–H groups in total. The average molecular weight is 280 g/mol. The third-order valence-corrected chi connectivity index (χ3v) is 3.87. The molecule has 0 aliphatic heterocycles. The molecule has 0 aliphatic carbocycles. The first kappa shape index (κ1) is 13.8. The van der Waals surface area contributed by atoms with Crippen molar-refractivity contribution in [3.63, 3.8) is 0 Å². The Morgan fingerprint density at radius 2 is 1.90 bits per heavy atom. The Labute approximate surface area is 124 Å². The molecular weight excluding hydrogens is 260 g/mol. The van der Waals surface area contributed by atoms with Gasteiger partial charge in [-0.1, -0.05) is 42.5 Å². The first-order valence-electron chi connectivity index (χ1n) is 7.38. The van der Waals surface area contributed by atoms with Crippen LogP contribution in [0.4, 0.5) is 0 Å². The number of benzene rings is 2. The highest BCUT2D eigenvalue weighted by atomic mass is 16.3. The van der Waals surface area contributed by atoms with E-state index in [1.54, 1.807) is 0 Å². The predicted molar refractivity (Wildman–Crippen MR) is 85.2 cm³/mol. The van der Waals surface area contributed by atoms with Crippen LogP contribution >= 0.6 is 0 Å². The number of aryl methyl sites for hydroxylation is 2. The highest BCUT2D eigenvalue weighted by Gasteiger charge is 2.15. The molecule has 0 saturated carbocycles. The van der Waals surface area contributed by atoms with Crippen LogP contribution in [-0.2, 0) is 13.0 Å². The van der Waals surface area contributed by atoms with Crippen LogP contribution in [0.5, 0.6) is 0 Å². The van der Waals surface area contributed by atoms with Crippen LogP contribution in [0.3, 0.4) is 0 Å². The monoisotopic (exact) mass is 280 g/mol. The molecule has 2 aromatic carbocycles. The van der Waals surface area contributed by atoms with Crippen LogP contribution in [0, 0.1) is 6.92 Å². The molecular formula is C18H20N2O. The van der Waals surface area contributed by atoms with E-state index in [1.807, 2.05) is 42.8 Å². The van der Waals surface area contributed by atoms with Crippen molar-refractivity contribution in [2.24, 2.45) is 0 Å². The number of hydrogen-bond donors (Lipinski definition) is 1. The molecule has 21 heavy (non-hydrogen) atoms. The van der Waals surface area contributed by atoms with Crippen molar-refractivity contribution in [2.45, 2.75) is 32.9 Å². The summed E-state index contributed by atoms with van der Waals surface area (Å²) in [5.74, 6) is 0. The van der Waals surface area contributed by atoms with Crippen LogP contribution in [0.2, 0.25) is 0 Å². The van der Waals surface area contributed by atoms with Gasteiger partial charge in [-0.2, -0.15) is 5.10 Å². The first-order chi connectivity index (χ1) is 10.2. The fourth-order valence-electron chi connectivity index (χ4n) is 2.87. The van der Waals surface area contributed by atoms with E-state index < -0.39 is 6.10 Å². The molecule has 1 aromatic heterocycles. The lowest BCUT2D eigenvalue weighted by Crippen LogP contribution is -2.10. The number of aliphatic hydroxyl groups excluding tert-OH is 1. The molecule has 1 heterocycles. The van der Waals surface area contributed by atoms with E-state index in [1.165, 1.54) is 16.3 Å². The molecule has 1 atom stereocenters. The van der Waals surface area contributed by atoms with Crippen LogP contribution in [-0.4, -0.2) is 14.9 Å². The lowest BCUT2D eigenvalue weighted by atomic mass is 9.98. The molecule has 0 radical (unpaired) electrons.